The summed E-state index contributed by atoms with van der Waals surface area (Å²) in [4.78, 5) is 64.4. The fourth-order valence-corrected chi connectivity index (χ4v) is 14.3. The number of benzene rings is 3. The van der Waals surface area contributed by atoms with Crippen LogP contribution in [0.3, 0.4) is 0 Å². The Morgan fingerprint density at radius 2 is 1.67 bits per heavy atom. The number of pyridine rings is 2. The van der Waals surface area contributed by atoms with E-state index >= 15 is 4.39 Å². The molecule has 5 fully saturated rings. The molecule has 4 aromatic heterocycles. The number of halogens is 1. The van der Waals surface area contributed by atoms with E-state index in [1.54, 1.807) is 40.6 Å². The number of aromatic nitrogens is 4. The second-order valence-corrected chi connectivity index (χ2v) is 25.0. The number of phenolic OH excluding ortho intramolecular Hbond substituents is 1. The number of fused-ring (bicyclic) bond motifs is 4. The van der Waals surface area contributed by atoms with Gasteiger partial charge in [0.2, 0.25) is 17.7 Å². The summed E-state index contributed by atoms with van der Waals surface area (Å²) in [5.74, 6) is -1.41. The molecule has 19 nitrogen and oxygen atoms in total. The number of carbonyl (C=O) groups excluding carboxylic acids is 3. The van der Waals surface area contributed by atoms with Crippen molar-refractivity contribution in [3.63, 3.8) is 0 Å². The zero-order valence-electron chi connectivity index (χ0n) is 49.0. The maximum atomic E-state index is 17.2. The van der Waals surface area contributed by atoms with Gasteiger partial charge in [-0.3, -0.25) is 19.5 Å². The van der Waals surface area contributed by atoms with Crippen LogP contribution in [0.4, 0.5) is 14.9 Å². The molecule has 448 valence electrons. The number of phenols is 1. The van der Waals surface area contributed by atoms with Crippen LogP contribution < -0.4 is 25.0 Å². The van der Waals surface area contributed by atoms with Crippen LogP contribution in [0.5, 0.6) is 17.5 Å². The van der Waals surface area contributed by atoms with Crippen LogP contribution in [0.1, 0.15) is 107 Å². The topological polar surface area (TPSA) is 221 Å². The van der Waals surface area contributed by atoms with Crippen LogP contribution in [0.15, 0.2) is 83.0 Å². The molecule has 7 aromatic rings. The van der Waals surface area contributed by atoms with E-state index in [0.29, 0.717) is 67.2 Å². The molecule has 5 aliphatic heterocycles. The minimum Gasteiger partial charge on any atom is -0.508 e. The number of rotatable bonds is 17. The predicted octanol–water partition coefficient (Wildman–Crippen LogP) is 9.32. The van der Waals surface area contributed by atoms with Crippen molar-refractivity contribution in [3.8, 4) is 39.2 Å². The molecule has 5 aliphatic rings. The Labute approximate surface area is 497 Å². The van der Waals surface area contributed by atoms with Gasteiger partial charge in [0.05, 0.1) is 33.9 Å². The van der Waals surface area contributed by atoms with Gasteiger partial charge in [-0.2, -0.15) is 0 Å². The first-order chi connectivity index (χ1) is 41.1. The van der Waals surface area contributed by atoms with Gasteiger partial charge in [0.15, 0.2) is 11.6 Å². The van der Waals surface area contributed by atoms with Crippen LogP contribution >= 0.6 is 11.3 Å². The van der Waals surface area contributed by atoms with Crippen molar-refractivity contribution >= 4 is 56.6 Å². The van der Waals surface area contributed by atoms with Crippen LogP contribution in [-0.4, -0.2) is 158 Å². The average molecular weight is 1180 g/mol. The lowest BCUT2D eigenvalue weighted by molar-refractivity contribution is -0.141. The average Bonchev–Trinajstić information content (AvgIpc) is 3.00. The monoisotopic (exact) mass is 1180 g/mol. The summed E-state index contributed by atoms with van der Waals surface area (Å²) in [5, 5.41) is 34.8. The molecule has 8 atom stereocenters. The molecule has 3 aromatic carbocycles. The number of aryl methyl sites for hydroxylation is 2. The zero-order valence-corrected chi connectivity index (χ0v) is 49.8. The summed E-state index contributed by atoms with van der Waals surface area (Å²) >= 11 is 1.58. The predicted molar refractivity (Wildman–Crippen MR) is 321 cm³/mol. The van der Waals surface area contributed by atoms with E-state index < -0.39 is 30.0 Å². The van der Waals surface area contributed by atoms with E-state index in [2.05, 4.69) is 37.5 Å². The molecule has 2 bridgehead atoms. The number of amides is 3. The Bertz CT molecular complexity index is 3580. The lowest BCUT2D eigenvalue weighted by Crippen LogP contribution is -2.51. The SMILES string of the molecule is CCc1cccc2cc(O)cc(-c3ncc4c(N5CC6CCC(C5)N6)cc(OC[C@@H]5CC[C@@H](COC(=O)N6CCC(Oc7cc([C@H](C(=O)N8C[C@H](O)C[C@H]8C(=O)N[C@@H](C)c8ccc(-c9scnc9C)cc8)C(C)C)on7)CC6)N5C)nc4c3F)c12. The lowest BCUT2D eigenvalue weighted by atomic mass is 9.91. The van der Waals surface area contributed by atoms with Gasteiger partial charge in [0.25, 0.3) is 5.88 Å². The molecular weight excluding hydrogens is 1100 g/mol. The molecule has 0 spiro atoms. The number of aromatic hydroxyl groups is 1. The smallest absolute Gasteiger partial charge is 0.409 e. The number of hydrogen-bond acceptors (Lipinski definition) is 17. The van der Waals surface area contributed by atoms with Crippen molar-refractivity contribution in [3.05, 3.63) is 107 Å². The number of anilines is 1. The molecule has 4 N–H and O–H groups in total. The minimum atomic E-state index is -0.873. The normalized spacial score (nSPS) is 22.6. The molecule has 0 saturated carbocycles. The third-order valence-electron chi connectivity index (χ3n) is 18.2. The van der Waals surface area contributed by atoms with Gasteiger partial charge in [0.1, 0.15) is 48.2 Å². The standard InChI is InChI=1S/C64H75FN10O9S/c1-7-38-9-8-10-41-23-46(76)24-49(57(38)41)59-58(65)60-50(28-66-59)51(74-29-42-15-16-43(30-74)69-42)26-54(70-60)81-32-44-17-18-45(72(44)6)33-82-64(80)73-21-19-48(20-22-73)83-55-27-53(84-71-55)56(35(2)3)63(79)75-31-47(77)25-52(75)62(78)68-36(4)39-11-13-40(14-12-39)61-37(5)67-34-85-61/h8-14,23-24,26-28,34-36,42-45,47-48,52,56,69,76-77H,7,15-22,25,29-33H2,1-6H3,(H,68,78)/t36-,42?,43?,44-,45-,47+,52-,56+/m0/s1. The molecule has 3 amide bonds. The van der Waals surface area contributed by atoms with Crippen molar-refractivity contribution in [1.29, 1.82) is 0 Å². The fourth-order valence-electron chi connectivity index (χ4n) is 13.4. The third kappa shape index (κ3) is 12.0. The molecule has 0 aliphatic carbocycles. The summed E-state index contributed by atoms with van der Waals surface area (Å²) in [6.45, 7) is 12.6. The van der Waals surface area contributed by atoms with Crippen molar-refractivity contribution < 1.29 is 47.7 Å². The van der Waals surface area contributed by atoms with Crippen LogP contribution in [0, 0.1) is 18.7 Å². The number of thiazole rings is 1. The minimum absolute atomic E-state index is 0.0113. The summed E-state index contributed by atoms with van der Waals surface area (Å²) in [5.41, 5.74) is 7.39. The highest BCUT2D eigenvalue weighted by molar-refractivity contribution is 7.13. The Balaban J connectivity index is 0.636. The van der Waals surface area contributed by atoms with Crippen molar-refractivity contribution in [2.24, 2.45) is 5.92 Å². The lowest BCUT2D eigenvalue weighted by Gasteiger charge is -2.35. The molecule has 9 heterocycles. The van der Waals surface area contributed by atoms with Gasteiger partial charge in [-0.15, -0.1) is 11.3 Å². The Morgan fingerprint density at radius 3 is 2.39 bits per heavy atom. The van der Waals surface area contributed by atoms with Gasteiger partial charge >= 0.3 is 6.09 Å². The maximum absolute atomic E-state index is 17.2. The number of nitrogens with one attached hydrogen (secondary N) is 2. The largest absolute Gasteiger partial charge is 0.508 e. The summed E-state index contributed by atoms with van der Waals surface area (Å²) < 4.78 is 41.7. The quantitative estimate of drug-likeness (QED) is 0.0667. The number of hydrogen-bond donors (Lipinski definition) is 4. The molecular formula is C64H75FN10O9S. The summed E-state index contributed by atoms with van der Waals surface area (Å²) in [6, 6.07) is 20.1. The van der Waals surface area contributed by atoms with Crippen molar-refractivity contribution in [2.75, 3.05) is 57.9 Å². The van der Waals surface area contributed by atoms with E-state index in [9.17, 15) is 24.6 Å². The molecule has 5 saturated heterocycles. The number of nitrogens with zero attached hydrogens (tertiary/aromatic N) is 8. The van der Waals surface area contributed by atoms with Crippen LogP contribution in [-0.2, 0) is 20.7 Å². The Kier molecular flexibility index (Phi) is 16.7. The van der Waals surface area contributed by atoms with Crippen LogP contribution in [0.2, 0.25) is 0 Å². The fraction of sp³-hybridized carbons (Fsp3) is 0.484. The maximum Gasteiger partial charge on any atom is 0.409 e. The van der Waals surface area contributed by atoms with Gasteiger partial charge in [-0.25, -0.2) is 19.2 Å². The summed E-state index contributed by atoms with van der Waals surface area (Å²) in [7, 11) is 2.01. The second kappa shape index (κ2) is 24.5. The number of aliphatic hydroxyl groups is 1. The molecule has 0 radical (unpaired) electrons. The van der Waals surface area contributed by atoms with Gasteiger partial charge in [0, 0.05) is 105 Å². The second-order valence-electron chi connectivity index (χ2n) is 24.1. The zero-order chi connectivity index (χ0) is 59.2. The number of likely N-dealkylation sites (N-methyl/N-ethyl adjacent to an activating group) is 1. The summed E-state index contributed by atoms with van der Waals surface area (Å²) in [6.07, 6.45) is 5.82. The molecule has 85 heavy (non-hydrogen) atoms. The molecule has 2 unspecified atom stereocenters. The van der Waals surface area contributed by atoms with E-state index in [0.717, 1.165) is 88.9 Å². The number of carbonyl (C=O) groups is 3. The number of ether oxygens (including phenoxy) is 3. The number of piperidine rings is 1. The van der Waals surface area contributed by atoms with Crippen molar-refractivity contribution in [2.45, 2.75) is 140 Å². The number of likely N-dealkylation sites (tertiary alicyclic amines) is 3. The number of aliphatic hydroxyl groups excluding tert-OH is 1. The number of piperazine rings is 1. The van der Waals surface area contributed by atoms with E-state index in [1.165, 1.54) is 4.90 Å². The first-order valence-electron chi connectivity index (χ1n) is 30.0. The van der Waals surface area contributed by atoms with Gasteiger partial charge in [-0.05, 0) is 104 Å². The van der Waals surface area contributed by atoms with E-state index in [1.807, 2.05) is 88.8 Å². The first-order valence-corrected chi connectivity index (χ1v) is 30.9. The van der Waals surface area contributed by atoms with E-state index in [4.69, 9.17) is 28.7 Å². The first kappa shape index (κ1) is 57.9. The third-order valence-corrected chi connectivity index (χ3v) is 19.2. The van der Waals surface area contributed by atoms with E-state index in [-0.39, 0.29) is 84.4 Å². The molecule has 21 heteroatoms. The highest BCUT2D eigenvalue weighted by Gasteiger charge is 2.44. The van der Waals surface area contributed by atoms with Gasteiger partial charge < -0.3 is 54.3 Å². The highest BCUT2D eigenvalue weighted by atomic mass is 32.1. The number of β-amino-alcohol motifs (C(OH)–C–C–N with tert-alkyl or cyclic N) is 1. The Hall–Kier alpha value is -7.46. The van der Waals surface area contributed by atoms with Gasteiger partial charge in [-0.1, -0.05) is 63.2 Å². The van der Waals surface area contributed by atoms with Crippen molar-refractivity contribution in [1.82, 2.24) is 45.4 Å². The molecule has 12 rings (SSSR count). The highest BCUT2D eigenvalue weighted by Crippen LogP contribution is 2.41. The Morgan fingerprint density at radius 1 is 0.918 bits per heavy atom. The van der Waals surface area contributed by atoms with Crippen LogP contribution in [0.25, 0.3) is 43.4 Å².